The van der Waals surface area contributed by atoms with Crippen molar-refractivity contribution in [2.45, 2.75) is 12.2 Å². The first-order chi connectivity index (χ1) is 1.91. The zero-order valence-electron chi connectivity index (χ0n) is 2.49. The third-order valence-corrected chi connectivity index (χ3v) is 1.70. The molecule has 0 saturated heterocycles. The van der Waals surface area contributed by atoms with Crippen molar-refractivity contribution >= 4 is 24.1 Å². The molecule has 0 aliphatic rings. The van der Waals surface area contributed by atoms with Crippen molar-refractivity contribution in [2.75, 3.05) is 0 Å². The fourth-order valence-corrected chi connectivity index (χ4v) is 0. The number of hydrogen-bond acceptors (Lipinski definition) is 0. The quantitative estimate of drug-likeness (QED) is 0.485. The molecule has 0 rings (SSSR count). The van der Waals surface area contributed by atoms with E-state index in [0.29, 0.717) is 14.0 Å². The van der Waals surface area contributed by atoms with Gasteiger partial charge < -0.3 is 0 Å². The van der Waals surface area contributed by atoms with Crippen LogP contribution in [0.1, 0.15) is 6.92 Å². The van der Waals surface area contributed by atoms with Crippen molar-refractivity contribution in [1.29, 1.82) is 0 Å². The van der Waals surface area contributed by atoms with E-state index in [1.807, 2.05) is 0 Å². The molecule has 2 heteroatoms. The van der Waals surface area contributed by atoms with Crippen molar-refractivity contribution in [1.82, 2.24) is 0 Å². The van der Waals surface area contributed by atoms with Gasteiger partial charge in [0.25, 0.3) is 0 Å². The van der Waals surface area contributed by atoms with Crippen LogP contribution in [0.4, 0.5) is 0 Å². The minimum absolute atomic E-state index is 0.389. The standard InChI is InChI=1S/C2H5ClSe/c1-2-4-3/h2H2,1H3. The van der Waals surface area contributed by atoms with Gasteiger partial charge in [0, 0.05) is 0 Å². The van der Waals surface area contributed by atoms with Gasteiger partial charge in [0.05, 0.1) is 0 Å². The van der Waals surface area contributed by atoms with Crippen LogP contribution in [0, 0.1) is 0 Å². The monoisotopic (exact) mass is 144 g/mol. The zero-order valence-corrected chi connectivity index (χ0v) is 4.96. The van der Waals surface area contributed by atoms with E-state index in [2.05, 4.69) is 6.92 Å². The van der Waals surface area contributed by atoms with Gasteiger partial charge in [0.2, 0.25) is 0 Å². The second kappa shape index (κ2) is 3.81. The summed E-state index contributed by atoms with van der Waals surface area (Å²) in [6, 6.07) is 0. The second-order valence-electron chi connectivity index (χ2n) is 0.398. The van der Waals surface area contributed by atoms with Gasteiger partial charge in [-0.2, -0.15) is 0 Å². The van der Waals surface area contributed by atoms with Crippen LogP contribution in [0.3, 0.4) is 0 Å². The molecule has 0 aliphatic carbocycles. The minimum atomic E-state index is 0.389. The van der Waals surface area contributed by atoms with Crippen LogP contribution in [-0.2, 0) is 0 Å². The molecule has 0 aromatic rings. The van der Waals surface area contributed by atoms with E-state index < -0.39 is 0 Å². The van der Waals surface area contributed by atoms with Gasteiger partial charge in [-0.15, -0.1) is 0 Å². The van der Waals surface area contributed by atoms with Gasteiger partial charge in [0.1, 0.15) is 0 Å². The Morgan fingerprint density at radius 1 is 2.00 bits per heavy atom. The Morgan fingerprint density at radius 3 is 2.25 bits per heavy atom. The molecular formula is C2H5ClSe. The molecule has 0 saturated carbocycles. The molecule has 0 unspecified atom stereocenters. The normalized spacial score (nSPS) is 7.50. The molecule has 0 atom stereocenters. The van der Waals surface area contributed by atoms with Crippen molar-refractivity contribution in [2.24, 2.45) is 0 Å². The molecule has 0 aromatic heterocycles. The SMILES string of the molecule is CC[Se]Cl. The summed E-state index contributed by atoms with van der Waals surface area (Å²) in [4.78, 5) is 0. The van der Waals surface area contributed by atoms with Crippen LogP contribution in [-0.4, -0.2) is 14.0 Å². The number of rotatable bonds is 1. The summed E-state index contributed by atoms with van der Waals surface area (Å²) in [5.41, 5.74) is 0. The van der Waals surface area contributed by atoms with Crippen molar-refractivity contribution in [3.05, 3.63) is 0 Å². The Labute approximate surface area is 36.9 Å². The maximum absolute atomic E-state index is 5.25. The summed E-state index contributed by atoms with van der Waals surface area (Å²) in [7, 11) is 5.25. The Morgan fingerprint density at radius 2 is 2.25 bits per heavy atom. The molecule has 26 valence electrons. The van der Waals surface area contributed by atoms with Gasteiger partial charge in [-0.05, 0) is 0 Å². The fraction of sp³-hybridized carbons (Fsp3) is 1.00. The molecule has 0 spiro atoms. The van der Waals surface area contributed by atoms with Gasteiger partial charge in [-0.1, -0.05) is 0 Å². The second-order valence-corrected chi connectivity index (χ2v) is 3.20. The molecule has 0 bridgehead atoms. The van der Waals surface area contributed by atoms with E-state index in [1.165, 1.54) is 0 Å². The summed E-state index contributed by atoms with van der Waals surface area (Å²) in [5, 5.41) is 1.15. The van der Waals surface area contributed by atoms with Crippen LogP contribution >= 0.6 is 10.1 Å². The topological polar surface area (TPSA) is 0 Å². The fourth-order valence-electron chi connectivity index (χ4n) is 0. The van der Waals surface area contributed by atoms with E-state index in [4.69, 9.17) is 10.1 Å². The molecule has 0 fully saturated rings. The average Bonchev–Trinajstić information content (AvgIpc) is 1.37. The first kappa shape index (κ1) is 4.81. The molecule has 0 aromatic carbocycles. The van der Waals surface area contributed by atoms with Crippen LogP contribution < -0.4 is 0 Å². The van der Waals surface area contributed by atoms with E-state index in [-0.39, 0.29) is 0 Å². The van der Waals surface area contributed by atoms with Gasteiger partial charge >= 0.3 is 36.4 Å². The third-order valence-electron chi connectivity index (χ3n) is 0.109. The molecular weight excluding hydrogens is 138 g/mol. The van der Waals surface area contributed by atoms with Crippen molar-refractivity contribution < 1.29 is 0 Å². The maximum atomic E-state index is 5.25. The summed E-state index contributed by atoms with van der Waals surface area (Å²) in [5.74, 6) is 0. The van der Waals surface area contributed by atoms with E-state index in [9.17, 15) is 0 Å². The predicted octanol–water partition coefficient (Wildman–Crippen LogP) is 1.28. The average molecular weight is 143 g/mol. The molecule has 0 N–H and O–H groups in total. The molecule has 4 heavy (non-hydrogen) atoms. The zero-order chi connectivity index (χ0) is 3.41. The third kappa shape index (κ3) is 2.81. The number of hydrogen-bond donors (Lipinski definition) is 0. The summed E-state index contributed by atoms with van der Waals surface area (Å²) < 4.78 is 0. The van der Waals surface area contributed by atoms with Gasteiger partial charge in [-0.25, -0.2) is 0 Å². The van der Waals surface area contributed by atoms with Crippen LogP contribution in [0.15, 0.2) is 0 Å². The first-order valence-electron chi connectivity index (χ1n) is 1.15. The summed E-state index contributed by atoms with van der Waals surface area (Å²) in [6.45, 7) is 2.08. The van der Waals surface area contributed by atoms with E-state index >= 15 is 0 Å². The van der Waals surface area contributed by atoms with Gasteiger partial charge in [0.15, 0.2) is 0 Å². The Kier molecular flexibility index (Phi) is 4.58. The van der Waals surface area contributed by atoms with Crippen LogP contribution in [0.2, 0.25) is 5.32 Å². The number of halogens is 1. The van der Waals surface area contributed by atoms with E-state index in [0.717, 1.165) is 5.32 Å². The Bertz CT molecular complexity index is 8.00. The molecule has 0 aliphatic heterocycles. The summed E-state index contributed by atoms with van der Waals surface area (Å²) >= 11 is 0.389. The molecule has 0 heterocycles. The Balaban J connectivity index is 1.97. The predicted molar refractivity (Wildman–Crippen MR) is 22.1 cm³/mol. The van der Waals surface area contributed by atoms with E-state index in [1.54, 1.807) is 0 Å². The van der Waals surface area contributed by atoms with Crippen LogP contribution in [0.25, 0.3) is 0 Å². The van der Waals surface area contributed by atoms with Gasteiger partial charge in [-0.3, -0.25) is 0 Å². The summed E-state index contributed by atoms with van der Waals surface area (Å²) in [6.07, 6.45) is 0. The first-order valence-corrected chi connectivity index (χ1v) is 4.61. The molecule has 0 amide bonds. The van der Waals surface area contributed by atoms with Crippen molar-refractivity contribution in [3.63, 3.8) is 0 Å². The molecule has 0 radical (unpaired) electrons. The molecule has 0 nitrogen and oxygen atoms in total. The van der Waals surface area contributed by atoms with Crippen LogP contribution in [0.5, 0.6) is 0 Å². The van der Waals surface area contributed by atoms with Crippen molar-refractivity contribution in [3.8, 4) is 0 Å². The Hall–Kier alpha value is 0.809.